The first-order valence-electron chi connectivity index (χ1n) is 8.50. The van der Waals surface area contributed by atoms with Crippen molar-refractivity contribution in [2.24, 2.45) is 0 Å². The van der Waals surface area contributed by atoms with Crippen LogP contribution in [-0.2, 0) is 0 Å². The summed E-state index contributed by atoms with van der Waals surface area (Å²) >= 11 is 0. The minimum Gasteiger partial charge on any atom is -0.442 e. The molecule has 1 saturated carbocycles. The van der Waals surface area contributed by atoms with Crippen LogP contribution in [0.1, 0.15) is 47.3 Å². The molecular formula is C18H20N6O2. The SMILES string of the molecule is Cc1ncc(NC(=O)c2c(C)oc3ncnc(NC4(C)CC4)c23)nc1C. The number of hydrogen-bond acceptors (Lipinski definition) is 7. The van der Waals surface area contributed by atoms with Gasteiger partial charge in [-0.25, -0.2) is 15.0 Å². The van der Waals surface area contributed by atoms with Crippen LogP contribution >= 0.6 is 0 Å². The van der Waals surface area contributed by atoms with Crippen molar-refractivity contribution in [3.63, 3.8) is 0 Å². The average Bonchev–Trinajstić information content (AvgIpc) is 3.19. The van der Waals surface area contributed by atoms with E-state index in [1.165, 1.54) is 6.33 Å². The Balaban J connectivity index is 1.73. The summed E-state index contributed by atoms with van der Waals surface area (Å²) in [6.07, 6.45) is 5.11. The number of nitrogens with zero attached hydrogens (tertiary/aromatic N) is 4. The minimum atomic E-state index is -0.322. The topological polar surface area (TPSA) is 106 Å². The number of carbonyl (C=O) groups is 1. The summed E-state index contributed by atoms with van der Waals surface area (Å²) in [5.41, 5.74) is 2.40. The molecule has 0 aliphatic heterocycles. The molecule has 4 rings (SSSR count). The van der Waals surface area contributed by atoms with E-state index in [2.05, 4.69) is 37.5 Å². The molecule has 1 aliphatic carbocycles. The maximum Gasteiger partial charge on any atom is 0.261 e. The molecular weight excluding hydrogens is 332 g/mol. The van der Waals surface area contributed by atoms with Gasteiger partial charge in [0, 0.05) is 5.54 Å². The van der Waals surface area contributed by atoms with Gasteiger partial charge in [0.25, 0.3) is 5.91 Å². The Morgan fingerprint density at radius 3 is 2.62 bits per heavy atom. The lowest BCUT2D eigenvalue weighted by Crippen LogP contribution is -2.19. The van der Waals surface area contributed by atoms with Gasteiger partial charge >= 0.3 is 0 Å². The van der Waals surface area contributed by atoms with Gasteiger partial charge in [0.15, 0.2) is 5.82 Å². The van der Waals surface area contributed by atoms with Gasteiger partial charge in [0.05, 0.1) is 28.5 Å². The van der Waals surface area contributed by atoms with Gasteiger partial charge in [-0.3, -0.25) is 9.78 Å². The standard InChI is InChI=1S/C18H20N6O2/c1-9-10(2)22-12(7-19-9)23-16(25)13-11(3)26-17-14(13)15(20-8-21-17)24-18(4)5-6-18/h7-8H,5-6H2,1-4H3,(H,20,21,24)(H,22,23,25). The van der Waals surface area contributed by atoms with Crippen LogP contribution in [0.5, 0.6) is 0 Å². The molecule has 3 heterocycles. The van der Waals surface area contributed by atoms with Crippen LogP contribution in [-0.4, -0.2) is 31.4 Å². The van der Waals surface area contributed by atoms with Gasteiger partial charge in [-0.05, 0) is 40.5 Å². The van der Waals surface area contributed by atoms with E-state index in [0.29, 0.717) is 34.1 Å². The second kappa shape index (κ2) is 5.76. The van der Waals surface area contributed by atoms with Crippen molar-refractivity contribution in [2.45, 2.75) is 46.1 Å². The summed E-state index contributed by atoms with van der Waals surface area (Å²) in [6, 6.07) is 0. The molecule has 3 aromatic rings. The fourth-order valence-corrected chi connectivity index (χ4v) is 2.79. The number of aryl methyl sites for hydroxylation is 3. The van der Waals surface area contributed by atoms with E-state index in [1.54, 1.807) is 13.1 Å². The Morgan fingerprint density at radius 1 is 1.15 bits per heavy atom. The number of nitrogens with one attached hydrogen (secondary N) is 2. The molecule has 8 nitrogen and oxygen atoms in total. The maximum atomic E-state index is 12.9. The molecule has 0 radical (unpaired) electrons. The summed E-state index contributed by atoms with van der Waals surface area (Å²) in [5.74, 6) is 1.17. The van der Waals surface area contributed by atoms with Crippen LogP contribution < -0.4 is 10.6 Å². The normalized spacial score (nSPS) is 15.1. The smallest absolute Gasteiger partial charge is 0.261 e. The van der Waals surface area contributed by atoms with Crippen LogP contribution in [0.3, 0.4) is 0 Å². The summed E-state index contributed by atoms with van der Waals surface area (Å²) in [5, 5.41) is 6.79. The second-order valence-electron chi connectivity index (χ2n) is 7.00. The van der Waals surface area contributed by atoms with Gasteiger partial charge < -0.3 is 15.1 Å². The highest BCUT2D eigenvalue weighted by Gasteiger charge is 2.38. The molecule has 0 unspecified atom stereocenters. The number of carbonyl (C=O) groups excluding carboxylic acids is 1. The predicted octanol–water partition coefficient (Wildman–Crippen LogP) is 3.15. The van der Waals surface area contributed by atoms with Crippen LogP contribution in [0.2, 0.25) is 0 Å². The molecule has 26 heavy (non-hydrogen) atoms. The Kier molecular flexibility index (Phi) is 3.64. The van der Waals surface area contributed by atoms with Gasteiger partial charge in [-0.1, -0.05) is 0 Å². The highest BCUT2D eigenvalue weighted by Crippen LogP contribution is 2.40. The van der Waals surface area contributed by atoms with Crippen molar-refractivity contribution in [2.75, 3.05) is 10.6 Å². The Bertz CT molecular complexity index is 1020. The molecule has 0 spiro atoms. The van der Waals surface area contributed by atoms with Crippen LogP contribution in [0.15, 0.2) is 16.9 Å². The zero-order valence-corrected chi connectivity index (χ0v) is 15.2. The highest BCUT2D eigenvalue weighted by molar-refractivity contribution is 6.15. The van der Waals surface area contributed by atoms with Crippen molar-refractivity contribution >= 4 is 28.6 Å². The lowest BCUT2D eigenvalue weighted by molar-refractivity contribution is 0.102. The summed E-state index contributed by atoms with van der Waals surface area (Å²) in [6.45, 7) is 7.58. The largest absolute Gasteiger partial charge is 0.442 e. The van der Waals surface area contributed by atoms with E-state index >= 15 is 0 Å². The number of aromatic nitrogens is 4. The number of amides is 1. The molecule has 0 bridgehead atoms. The van der Waals surface area contributed by atoms with Crippen molar-refractivity contribution in [3.8, 4) is 0 Å². The third kappa shape index (κ3) is 2.87. The van der Waals surface area contributed by atoms with Gasteiger partial charge in [-0.2, -0.15) is 0 Å². The second-order valence-corrected chi connectivity index (χ2v) is 7.00. The molecule has 8 heteroatoms. The quantitative estimate of drug-likeness (QED) is 0.743. The fraction of sp³-hybridized carbons (Fsp3) is 0.389. The third-order valence-electron chi connectivity index (χ3n) is 4.75. The Morgan fingerprint density at radius 2 is 1.92 bits per heavy atom. The van der Waals surface area contributed by atoms with Crippen LogP contribution in [0, 0.1) is 20.8 Å². The van der Waals surface area contributed by atoms with E-state index < -0.39 is 0 Å². The zero-order chi connectivity index (χ0) is 18.5. The van der Waals surface area contributed by atoms with E-state index in [9.17, 15) is 4.79 Å². The monoisotopic (exact) mass is 352 g/mol. The fourth-order valence-electron chi connectivity index (χ4n) is 2.79. The Hall–Kier alpha value is -3.03. The molecule has 1 aliphatic rings. The Labute approximate surface area is 150 Å². The van der Waals surface area contributed by atoms with Crippen molar-refractivity contribution in [1.29, 1.82) is 0 Å². The number of rotatable bonds is 4. The maximum absolute atomic E-state index is 12.9. The molecule has 134 valence electrons. The zero-order valence-electron chi connectivity index (χ0n) is 15.2. The molecule has 0 aromatic carbocycles. The first kappa shape index (κ1) is 16.4. The van der Waals surface area contributed by atoms with E-state index in [0.717, 1.165) is 24.2 Å². The van der Waals surface area contributed by atoms with Crippen molar-refractivity contribution < 1.29 is 9.21 Å². The molecule has 0 atom stereocenters. The number of anilines is 2. The first-order chi connectivity index (χ1) is 12.4. The van der Waals surface area contributed by atoms with E-state index in [-0.39, 0.29) is 11.4 Å². The third-order valence-corrected chi connectivity index (χ3v) is 4.75. The molecule has 2 N–H and O–H groups in total. The lowest BCUT2D eigenvalue weighted by Gasteiger charge is -2.13. The number of fused-ring (bicyclic) bond motifs is 1. The predicted molar refractivity (Wildman–Crippen MR) is 97.3 cm³/mol. The molecule has 1 fully saturated rings. The highest BCUT2D eigenvalue weighted by atomic mass is 16.3. The minimum absolute atomic E-state index is 0.0136. The lowest BCUT2D eigenvalue weighted by atomic mass is 10.1. The first-order valence-corrected chi connectivity index (χ1v) is 8.50. The van der Waals surface area contributed by atoms with E-state index in [4.69, 9.17) is 4.42 Å². The van der Waals surface area contributed by atoms with Gasteiger partial charge in [0.1, 0.15) is 17.9 Å². The van der Waals surface area contributed by atoms with Gasteiger partial charge in [0.2, 0.25) is 5.71 Å². The number of hydrogen-bond donors (Lipinski definition) is 2. The molecule has 3 aromatic heterocycles. The van der Waals surface area contributed by atoms with Crippen molar-refractivity contribution in [1.82, 2.24) is 19.9 Å². The number of furan rings is 1. The average molecular weight is 352 g/mol. The van der Waals surface area contributed by atoms with Crippen molar-refractivity contribution in [3.05, 3.63) is 35.2 Å². The summed E-state index contributed by atoms with van der Waals surface area (Å²) in [7, 11) is 0. The van der Waals surface area contributed by atoms with E-state index in [1.807, 2.05) is 13.8 Å². The van der Waals surface area contributed by atoms with Gasteiger partial charge in [-0.15, -0.1) is 0 Å². The molecule has 0 saturated heterocycles. The summed E-state index contributed by atoms with van der Waals surface area (Å²) < 4.78 is 5.69. The summed E-state index contributed by atoms with van der Waals surface area (Å²) in [4.78, 5) is 30.0. The molecule has 1 amide bonds. The van der Waals surface area contributed by atoms with Crippen LogP contribution in [0.4, 0.5) is 11.6 Å². The van der Waals surface area contributed by atoms with Crippen LogP contribution in [0.25, 0.3) is 11.1 Å².